The summed E-state index contributed by atoms with van der Waals surface area (Å²) < 4.78 is 7.64. The minimum atomic E-state index is -0.0552. The molecule has 3 aromatic heterocycles. The van der Waals surface area contributed by atoms with Gasteiger partial charge >= 0.3 is 0 Å². The van der Waals surface area contributed by atoms with Gasteiger partial charge < -0.3 is 19.5 Å². The van der Waals surface area contributed by atoms with E-state index >= 15 is 0 Å². The van der Waals surface area contributed by atoms with Crippen LogP contribution in [0.1, 0.15) is 40.3 Å². The Morgan fingerprint density at radius 3 is 2.44 bits per heavy atom. The SMILES string of the molecule is COc1ccc(-n2c(C)cc([C@@H]3[C@@H](c4ccccn4)NC(=S)N3Cc3ccncc3)c2C)cc1. The third kappa shape index (κ3) is 4.03. The molecule has 1 aliphatic heterocycles. The van der Waals surface area contributed by atoms with E-state index in [1.54, 1.807) is 7.11 Å². The van der Waals surface area contributed by atoms with Gasteiger partial charge in [0, 0.05) is 42.2 Å². The normalized spacial score (nSPS) is 17.6. The fourth-order valence-electron chi connectivity index (χ4n) is 4.81. The van der Waals surface area contributed by atoms with E-state index < -0.39 is 0 Å². The lowest BCUT2D eigenvalue weighted by molar-refractivity contribution is 0.310. The summed E-state index contributed by atoms with van der Waals surface area (Å²) >= 11 is 5.85. The first-order chi connectivity index (χ1) is 16.6. The van der Waals surface area contributed by atoms with Crippen LogP contribution in [0, 0.1) is 13.8 Å². The molecule has 0 bridgehead atoms. The van der Waals surface area contributed by atoms with E-state index in [-0.39, 0.29) is 12.1 Å². The smallest absolute Gasteiger partial charge is 0.170 e. The predicted octanol–water partition coefficient (Wildman–Crippen LogP) is 5.07. The maximum Gasteiger partial charge on any atom is 0.170 e. The van der Waals surface area contributed by atoms with E-state index in [0.29, 0.717) is 6.54 Å². The molecule has 7 heteroatoms. The van der Waals surface area contributed by atoms with Crippen LogP contribution < -0.4 is 10.1 Å². The molecule has 0 spiro atoms. The first kappa shape index (κ1) is 22.1. The average Bonchev–Trinajstić information content (AvgIpc) is 3.35. The van der Waals surface area contributed by atoms with E-state index in [1.165, 1.54) is 17.0 Å². The summed E-state index contributed by atoms with van der Waals surface area (Å²) in [6, 6.07) is 20.5. The van der Waals surface area contributed by atoms with Crippen molar-refractivity contribution in [2.24, 2.45) is 0 Å². The molecular weight excluding hydrogens is 442 g/mol. The minimum absolute atomic E-state index is 0.00577. The Hall–Kier alpha value is -3.71. The molecule has 172 valence electrons. The number of aryl methyl sites for hydroxylation is 1. The summed E-state index contributed by atoms with van der Waals surface area (Å²) in [5.41, 5.74) is 6.81. The standard InChI is InChI=1S/C27H27N5OS/c1-18-16-23(19(2)32(18)21-7-9-22(33-3)10-8-21)26-25(24-6-4-5-13-29-24)30-27(34)31(26)17-20-11-14-28-15-12-20/h4-16,25-26H,17H2,1-3H3,(H,30,34)/t25-,26-/m1/s1. The summed E-state index contributed by atoms with van der Waals surface area (Å²) in [6.07, 6.45) is 5.48. The third-order valence-electron chi connectivity index (χ3n) is 6.42. The van der Waals surface area contributed by atoms with Gasteiger partial charge in [0.05, 0.1) is 24.9 Å². The summed E-state index contributed by atoms with van der Waals surface area (Å²) in [5, 5.41) is 4.28. The van der Waals surface area contributed by atoms with Gasteiger partial charge in [0.15, 0.2) is 5.11 Å². The summed E-state index contributed by atoms with van der Waals surface area (Å²) in [7, 11) is 1.68. The van der Waals surface area contributed by atoms with Crippen molar-refractivity contribution in [1.82, 2.24) is 24.8 Å². The lowest BCUT2D eigenvalue weighted by atomic mass is 9.96. The van der Waals surface area contributed by atoms with Gasteiger partial charge in [-0.25, -0.2) is 0 Å². The second kappa shape index (κ2) is 9.27. The van der Waals surface area contributed by atoms with E-state index in [9.17, 15) is 0 Å². The fourth-order valence-corrected chi connectivity index (χ4v) is 5.12. The summed E-state index contributed by atoms with van der Waals surface area (Å²) in [4.78, 5) is 11.1. The highest BCUT2D eigenvalue weighted by atomic mass is 32.1. The molecule has 2 atom stereocenters. The fraction of sp³-hybridized carbons (Fsp3) is 0.222. The van der Waals surface area contributed by atoms with Crippen molar-refractivity contribution in [3.63, 3.8) is 0 Å². The Bertz CT molecular complexity index is 1290. The van der Waals surface area contributed by atoms with Gasteiger partial charge in [-0.05, 0) is 91.8 Å². The third-order valence-corrected chi connectivity index (χ3v) is 6.77. The summed E-state index contributed by atoms with van der Waals surface area (Å²) in [5.74, 6) is 0.843. The Morgan fingerprint density at radius 2 is 1.76 bits per heavy atom. The van der Waals surface area contributed by atoms with Crippen LogP contribution in [0.2, 0.25) is 0 Å². The molecule has 0 unspecified atom stereocenters. The molecule has 1 saturated heterocycles. The molecule has 0 amide bonds. The van der Waals surface area contributed by atoms with Crippen LogP contribution in [-0.4, -0.2) is 31.7 Å². The zero-order valence-electron chi connectivity index (χ0n) is 19.5. The molecule has 1 N–H and O–H groups in total. The van der Waals surface area contributed by atoms with Crippen molar-refractivity contribution in [3.05, 3.63) is 107 Å². The van der Waals surface area contributed by atoms with Gasteiger partial charge in [-0.2, -0.15) is 0 Å². The van der Waals surface area contributed by atoms with Crippen molar-refractivity contribution in [1.29, 1.82) is 0 Å². The quantitative estimate of drug-likeness (QED) is 0.398. The number of hydrogen-bond donors (Lipinski definition) is 1. The number of aromatic nitrogens is 3. The Morgan fingerprint density at radius 1 is 1.00 bits per heavy atom. The van der Waals surface area contributed by atoms with Crippen molar-refractivity contribution >= 4 is 17.3 Å². The lowest BCUT2D eigenvalue weighted by Crippen LogP contribution is -2.29. The number of thiocarbonyl (C=S) groups is 1. The molecule has 1 aliphatic rings. The van der Waals surface area contributed by atoms with Crippen molar-refractivity contribution in [2.75, 3.05) is 7.11 Å². The van der Waals surface area contributed by atoms with Crippen LogP contribution in [0.5, 0.6) is 5.75 Å². The number of benzene rings is 1. The lowest BCUT2D eigenvalue weighted by Gasteiger charge is -2.28. The van der Waals surface area contributed by atoms with Crippen LogP contribution in [0.4, 0.5) is 0 Å². The van der Waals surface area contributed by atoms with Gasteiger partial charge in [-0.15, -0.1) is 0 Å². The average molecular weight is 470 g/mol. The first-order valence-electron chi connectivity index (χ1n) is 11.3. The molecule has 6 nitrogen and oxygen atoms in total. The Balaban J connectivity index is 1.60. The van der Waals surface area contributed by atoms with Gasteiger partial charge in [0.1, 0.15) is 5.75 Å². The number of nitrogens with zero attached hydrogens (tertiary/aromatic N) is 4. The molecule has 0 saturated carbocycles. The highest BCUT2D eigenvalue weighted by Crippen LogP contribution is 2.42. The number of pyridine rings is 2. The van der Waals surface area contributed by atoms with Crippen LogP contribution in [-0.2, 0) is 6.54 Å². The number of rotatable bonds is 6. The largest absolute Gasteiger partial charge is 0.497 e. The Labute approximate surface area is 205 Å². The second-order valence-electron chi connectivity index (χ2n) is 8.47. The van der Waals surface area contributed by atoms with Crippen LogP contribution in [0.25, 0.3) is 5.69 Å². The molecule has 4 aromatic rings. The number of nitrogens with one attached hydrogen (secondary N) is 1. The molecule has 1 aromatic carbocycles. The maximum atomic E-state index is 5.85. The van der Waals surface area contributed by atoms with Crippen molar-refractivity contribution in [3.8, 4) is 11.4 Å². The summed E-state index contributed by atoms with van der Waals surface area (Å²) in [6.45, 7) is 5.01. The molecule has 34 heavy (non-hydrogen) atoms. The van der Waals surface area contributed by atoms with Crippen molar-refractivity contribution in [2.45, 2.75) is 32.5 Å². The molecular formula is C27H27N5OS. The molecule has 5 rings (SSSR count). The topological polar surface area (TPSA) is 55.2 Å². The second-order valence-corrected chi connectivity index (χ2v) is 8.86. The highest BCUT2D eigenvalue weighted by Gasteiger charge is 2.41. The number of hydrogen-bond acceptors (Lipinski definition) is 4. The van der Waals surface area contributed by atoms with Crippen LogP contribution in [0.15, 0.2) is 79.3 Å². The zero-order chi connectivity index (χ0) is 23.7. The van der Waals surface area contributed by atoms with Crippen LogP contribution >= 0.6 is 12.2 Å². The maximum absolute atomic E-state index is 5.85. The van der Waals surface area contributed by atoms with Crippen LogP contribution in [0.3, 0.4) is 0 Å². The molecule has 0 aliphatic carbocycles. The number of ether oxygens (including phenoxy) is 1. The van der Waals surface area contributed by atoms with E-state index in [2.05, 4.69) is 62.9 Å². The zero-order valence-corrected chi connectivity index (χ0v) is 20.3. The van der Waals surface area contributed by atoms with Crippen molar-refractivity contribution < 1.29 is 4.74 Å². The highest BCUT2D eigenvalue weighted by molar-refractivity contribution is 7.80. The molecule has 1 fully saturated rings. The van der Waals surface area contributed by atoms with Gasteiger partial charge in [-0.1, -0.05) is 6.07 Å². The van der Waals surface area contributed by atoms with E-state index in [1.807, 2.05) is 55.0 Å². The van der Waals surface area contributed by atoms with E-state index in [4.69, 9.17) is 17.0 Å². The first-order valence-corrected chi connectivity index (χ1v) is 11.7. The van der Waals surface area contributed by atoms with E-state index in [0.717, 1.165) is 27.8 Å². The monoisotopic (exact) mass is 469 g/mol. The number of methoxy groups -OCH3 is 1. The predicted molar refractivity (Wildman–Crippen MR) is 137 cm³/mol. The van der Waals surface area contributed by atoms with Gasteiger partial charge in [-0.3, -0.25) is 9.97 Å². The Kier molecular flexibility index (Phi) is 6.02. The molecule has 0 radical (unpaired) electrons. The minimum Gasteiger partial charge on any atom is -0.497 e. The van der Waals surface area contributed by atoms with Gasteiger partial charge in [0.25, 0.3) is 0 Å². The molecule has 4 heterocycles. The van der Waals surface area contributed by atoms with Gasteiger partial charge in [0.2, 0.25) is 0 Å².